The summed E-state index contributed by atoms with van der Waals surface area (Å²) in [5.74, 6) is 0. The number of anilines is 1. The number of nitrogens with zero attached hydrogens (tertiary/aromatic N) is 4. The molecule has 0 radical (unpaired) electrons. The molecule has 0 amide bonds. The molecule has 2 aliphatic rings. The Bertz CT molecular complexity index is 1470. The van der Waals surface area contributed by atoms with Crippen molar-refractivity contribution in [2.75, 3.05) is 44.8 Å². The zero-order valence-electron chi connectivity index (χ0n) is 28.9. The van der Waals surface area contributed by atoms with Crippen LogP contribution >= 0.6 is 15.9 Å². The zero-order chi connectivity index (χ0) is 32.0. The fraction of sp³-hybridized carbons (Fsp3) is 0.639. The Kier molecular flexibility index (Phi) is 9.81. The van der Waals surface area contributed by atoms with Crippen LogP contribution < -0.4 is 4.90 Å². The number of halogens is 1. The first kappa shape index (κ1) is 33.6. The van der Waals surface area contributed by atoms with Crippen LogP contribution in [0.25, 0.3) is 22.2 Å². The molecule has 1 aliphatic heterocycles. The quantitative estimate of drug-likeness (QED) is 0.189. The van der Waals surface area contributed by atoms with Crippen molar-refractivity contribution in [2.24, 2.45) is 5.41 Å². The summed E-state index contributed by atoms with van der Waals surface area (Å²) in [5.41, 5.74) is 7.24. The second-order valence-corrected chi connectivity index (χ2v) is 21.1. The molecule has 5 rings (SSSR count). The maximum Gasteiger partial charge on any atom is 0.192 e. The molecule has 0 spiro atoms. The average Bonchev–Trinajstić information content (AvgIpc) is 3.79. The van der Waals surface area contributed by atoms with Crippen LogP contribution in [-0.4, -0.2) is 68.7 Å². The second-order valence-electron chi connectivity index (χ2n) is 15.4. The molecule has 1 saturated heterocycles. The molecule has 2 fully saturated rings. The molecule has 3 aromatic rings. The molecule has 3 heterocycles. The Balaban J connectivity index is 1.61. The molecular formula is C36H55BrN4O2Si. The highest BCUT2D eigenvalue weighted by molar-refractivity contribution is 9.10. The number of benzene rings is 1. The predicted octanol–water partition coefficient (Wildman–Crippen LogP) is 9.07. The van der Waals surface area contributed by atoms with Crippen molar-refractivity contribution in [1.82, 2.24) is 14.5 Å². The van der Waals surface area contributed by atoms with Gasteiger partial charge in [-0.2, -0.15) is 0 Å². The highest BCUT2D eigenvalue weighted by atomic mass is 79.9. The minimum atomic E-state index is -1.89. The van der Waals surface area contributed by atoms with E-state index in [9.17, 15) is 0 Å². The van der Waals surface area contributed by atoms with Crippen molar-refractivity contribution in [3.05, 3.63) is 46.2 Å². The Morgan fingerprint density at radius 1 is 1.05 bits per heavy atom. The van der Waals surface area contributed by atoms with Crippen LogP contribution in [0.5, 0.6) is 0 Å². The van der Waals surface area contributed by atoms with Crippen molar-refractivity contribution in [3.63, 3.8) is 0 Å². The van der Waals surface area contributed by atoms with Crippen molar-refractivity contribution in [1.29, 1.82) is 0 Å². The summed E-state index contributed by atoms with van der Waals surface area (Å²) in [6.45, 7) is 26.7. The molecule has 6 nitrogen and oxygen atoms in total. The van der Waals surface area contributed by atoms with Gasteiger partial charge in [-0.25, -0.2) is 0 Å². The van der Waals surface area contributed by atoms with Crippen LogP contribution in [0.3, 0.4) is 0 Å². The number of pyridine rings is 1. The molecule has 1 aliphatic carbocycles. The third-order valence-electron chi connectivity index (χ3n) is 10.4. The van der Waals surface area contributed by atoms with E-state index < -0.39 is 8.32 Å². The summed E-state index contributed by atoms with van der Waals surface area (Å²) in [6.07, 6.45) is 5.60. The highest BCUT2D eigenvalue weighted by Crippen LogP contribution is 2.43. The summed E-state index contributed by atoms with van der Waals surface area (Å²) in [4.78, 5) is 10.3. The third-order valence-corrected chi connectivity index (χ3v) is 15.3. The van der Waals surface area contributed by atoms with Gasteiger partial charge in [-0.15, -0.1) is 0 Å². The lowest BCUT2D eigenvalue weighted by atomic mass is 9.84. The number of methoxy groups -OCH3 is 1. The maximum atomic E-state index is 6.83. The first-order valence-corrected chi connectivity index (χ1v) is 20.3. The summed E-state index contributed by atoms with van der Waals surface area (Å²) < 4.78 is 16.4. The largest absolute Gasteiger partial charge is 0.416 e. The van der Waals surface area contributed by atoms with Gasteiger partial charge in [-0.05, 0) is 86.5 Å². The zero-order valence-corrected chi connectivity index (χ0v) is 31.5. The predicted molar refractivity (Wildman–Crippen MR) is 191 cm³/mol. The molecule has 8 heteroatoms. The molecule has 1 saturated carbocycles. The van der Waals surface area contributed by atoms with Gasteiger partial charge in [-0.3, -0.25) is 9.88 Å². The number of aryl methyl sites for hydroxylation is 1. The topological polar surface area (TPSA) is 42.8 Å². The molecule has 1 atom stereocenters. The van der Waals surface area contributed by atoms with Gasteiger partial charge in [0.15, 0.2) is 8.32 Å². The average molecular weight is 684 g/mol. The van der Waals surface area contributed by atoms with Crippen LogP contribution in [0.1, 0.15) is 78.7 Å². The molecule has 1 aromatic carbocycles. The van der Waals surface area contributed by atoms with E-state index in [1.807, 2.05) is 0 Å². The Labute approximate surface area is 275 Å². The van der Waals surface area contributed by atoms with E-state index in [0.717, 1.165) is 62.0 Å². The smallest absolute Gasteiger partial charge is 0.192 e. The maximum absolute atomic E-state index is 6.83. The van der Waals surface area contributed by atoms with Gasteiger partial charge < -0.3 is 18.6 Å². The fourth-order valence-corrected chi connectivity index (χ4v) is 7.93. The van der Waals surface area contributed by atoms with Gasteiger partial charge in [0, 0.05) is 73.4 Å². The van der Waals surface area contributed by atoms with Crippen LogP contribution in [0.2, 0.25) is 18.1 Å². The first-order chi connectivity index (χ1) is 20.7. The Morgan fingerprint density at radius 3 is 2.32 bits per heavy atom. The van der Waals surface area contributed by atoms with Crippen molar-refractivity contribution < 1.29 is 9.16 Å². The molecule has 0 unspecified atom stereocenters. The number of rotatable bonds is 11. The Morgan fingerprint density at radius 2 is 1.73 bits per heavy atom. The van der Waals surface area contributed by atoms with Gasteiger partial charge in [0.05, 0.1) is 29.4 Å². The van der Waals surface area contributed by atoms with E-state index in [1.54, 1.807) is 7.11 Å². The van der Waals surface area contributed by atoms with Crippen LogP contribution in [-0.2, 0) is 22.1 Å². The third kappa shape index (κ3) is 6.99. The SMILES string of the molecule is CCn1c(-c2cc(N3CCN(C4CC4)CC3)cnc2[C@H](C)OC)c(CC(C)(C)CO[Si](C)(C)C(C)(C)C)c2cc(Br)ccc21. The number of hydrogen-bond acceptors (Lipinski definition) is 5. The lowest BCUT2D eigenvalue weighted by molar-refractivity contribution is 0.116. The summed E-state index contributed by atoms with van der Waals surface area (Å²) in [7, 11) is -0.0982. The minimum absolute atomic E-state index is 0.0589. The van der Waals surface area contributed by atoms with E-state index in [1.165, 1.54) is 46.3 Å². The lowest BCUT2D eigenvalue weighted by Gasteiger charge is -2.39. The molecule has 242 valence electrons. The van der Waals surface area contributed by atoms with E-state index in [-0.39, 0.29) is 16.6 Å². The van der Waals surface area contributed by atoms with E-state index in [4.69, 9.17) is 14.1 Å². The van der Waals surface area contributed by atoms with Gasteiger partial charge in [0.2, 0.25) is 0 Å². The minimum Gasteiger partial charge on any atom is -0.416 e. The first-order valence-electron chi connectivity index (χ1n) is 16.6. The van der Waals surface area contributed by atoms with Gasteiger partial charge in [0.1, 0.15) is 0 Å². The van der Waals surface area contributed by atoms with E-state index in [0.29, 0.717) is 0 Å². The number of ether oxygens (including phenoxy) is 1. The number of fused-ring (bicyclic) bond motifs is 1. The summed E-state index contributed by atoms with van der Waals surface area (Å²) in [6, 6.07) is 9.96. The normalized spacial score (nSPS) is 17.9. The Hall–Kier alpha value is -1.71. The van der Waals surface area contributed by atoms with Gasteiger partial charge in [0.25, 0.3) is 0 Å². The number of hydrogen-bond donors (Lipinski definition) is 0. The van der Waals surface area contributed by atoms with Crippen molar-refractivity contribution >= 4 is 40.8 Å². The monoisotopic (exact) mass is 682 g/mol. The van der Waals surface area contributed by atoms with Crippen LogP contribution in [0.4, 0.5) is 5.69 Å². The van der Waals surface area contributed by atoms with Gasteiger partial charge in [-0.1, -0.05) is 50.5 Å². The number of piperazine rings is 1. The van der Waals surface area contributed by atoms with Crippen LogP contribution in [0.15, 0.2) is 34.9 Å². The molecule has 0 N–H and O–H groups in total. The molecule has 2 aromatic heterocycles. The second kappa shape index (κ2) is 12.8. The van der Waals surface area contributed by atoms with Crippen molar-refractivity contribution in [3.8, 4) is 11.3 Å². The standard InChI is InChI=1S/C36H55BrN4O2Si/c1-11-41-32-15-12-26(37)20-29(32)31(22-36(6,7)24-43-44(9,10)35(3,4)5)34(41)30-21-28(23-38-33(30)25(2)42-8)40-18-16-39(17-19-40)27-13-14-27/h12,15,20-21,23,25,27H,11,13-14,16-19,22,24H2,1-10H3/t25-/m0/s1. The highest BCUT2D eigenvalue weighted by Gasteiger charge is 2.39. The molecule has 44 heavy (non-hydrogen) atoms. The summed E-state index contributed by atoms with van der Waals surface area (Å²) >= 11 is 3.80. The van der Waals surface area contributed by atoms with E-state index >= 15 is 0 Å². The van der Waals surface area contributed by atoms with Crippen molar-refractivity contribution in [2.45, 2.75) is 105 Å². The fourth-order valence-electron chi connectivity index (χ4n) is 6.38. The molecular weight excluding hydrogens is 628 g/mol. The van der Waals surface area contributed by atoms with Crippen LogP contribution in [0, 0.1) is 5.41 Å². The lowest BCUT2D eigenvalue weighted by Crippen LogP contribution is -2.47. The summed E-state index contributed by atoms with van der Waals surface area (Å²) in [5, 5.41) is 1.48. The number of aromatic nitrogens is 2. The molecule has 0 bridgehead atoms. The van der Waals surface area contributed by atoms with Gasteiger partial charge >= 0.3 is 0 Å². The van der Waals surface area contributed by atoms with E-state index in [2.05, 4.69) is 122 Å².